The van der Waals surface area contributed by atoms with Crippen LogP contribution in [0.5, 0.6) is 0 Å². The smallest absolute Gasteiger partial charge is 0.240 e. The average molecular weight is 260 g/mol. The minimum atomic E-state index is -0.387. The van der Waals surface area contributed by atoms with Gasteiger partial charge in [0.1, 0.15) is 6.54 Å². The summed E-state index contributed by atoms with van der Waals surface area (Å²) in [5, 5.41) is 11.8. The van der Waals surface area contributed by atoms with Crippen molar-refractivity contribution in [1.29, 1.82) is 0 Å². The van der Waals surface area contributed by atoms with Gasteiger partial charge in [-0.1, -0.05) is 6.92 Å². The summed E-state index contributed by atoms with van der Waals surface area (Å²) in [6.45, 7) is 4.03. The van der Waals surface area contributed by atoms with E-state index < -0.39 is 0 Å². The molecular formula is C11H20N2O3S. The molecule has 0 saturated carbocycles. The summed E-state index contributed by atoms with van der Waals surface area (Å²) in [4.78, 5) is 24.7. The van der Waals surface area contributed by atoms with Gasteiger partial charge in [0.25, 0.3) is 0 Å². The van der Waals surface area contributed by atoms with Gasteiger partial charge in [-0.25, -0.2) is 0 Å². The van der Waals surface area contributed by atoms with Crippen LogP contribution in [0.1, 0.15) is 26.7 Å². The van der Waals surface area contributed by atoms with E-state index >= 15 is 0 Å². The summed E-state index contributed by atoms with van der Waals surface area (Å²) in [6, 6.07) is 0. The lowest BCUT2D eigenvalue weighted by atomic mass is 9.95. The molecular weight excluding hydrogens is 240 g/mol. The highest BCUT2D eigenvalue weighted by molar-refractivity contribution is 8.00. The van der Waals surface area contributed by atoms with E-state index in [0.29, 0.717) is 18.1 Å². The number of aliphatic hydroxyl groups is 1. The predicted octanol–water partition coefficient (Wildman–Crippen LogP) is 0.187. The standard InChI is InChI=1S/C11H20N2O3S/c1-3-11(2,4-5-14)12-9(15)6-13-8-17-7-10(13)16/h14H,3-8H2,1-2H3,(H,12,15). The van der Waals surface area contributed by atoms with Gasteiger partial charge in [-0.15, -0.1) is 11.8 Å². The van der Waals surface area contributed by atoms with Crippen molar-refractivity contribution in [3.63, 3.8) is 0 Å². The second-order valence-corrected chi connectivity index (χ2v) is 5.46. The Morgan fingerprint density at radius 2 is 2.35 bits per heavy atom. The third kappa shape index (κ3) is 4.20. The molecule has 1 aliphatic heterocycles. The summed E-state index contributed by atoms with van der Waals surface area (Å²) >= 11 is 1.52. The van der Waals surface area contributed by atoms with Crippen LogP contribution in [0.3, 0.4) is 0 Å². The lowest BCUT2D eigenvalue weighted by Crippen LogP contribution is -2.50. The number of amides is 2. The maximum atomic E-state index is 11.8. The Morgan fingerprint density at radius 1 is 1.65 bits per heavy atom. The van der Waals surface area contributed by atoms with Crippen LogP contribution in [-0.2, 0) is 9.59 Å². The Morgan fingerprint density at radius 3 is 2.82 bits per heavy atom. The molecule has 1 aliphatic rings. The molecule has 0 radical (unpaired) electrons. The molecule has 1 heterocycles. The first kappa shape index (κ1) is 14.3. The summed E-state index contributed by atoms with van der Waals surface area (Å²) in [5.74, 6) is 0.925. The van der Waals surface area contributed by atoms with E-state index in [1.54, 1.807) is 4.90 Å². The molecule has 1 rings (SSSR count). The van der Waals surface area contributed by atoms with E-state index in [1.807, 2.05) is 13.8 Å². The van der Waals surface area contributed by atoms with Crippen molar-refractivity contribution in [2.75, 3.05) is 24.8 Å². The van der Waals surface area contributed by atoms with Crippen molar-refractivity contribution in [3.05, 3.63) is 0 Å². The predicted molar refractivity (Wildman–Crippen MR) is 67.6 cm³/mol. The van der Waals surface area contributed by atoms with E-state index in [4.69, 9.17) is 5.11 Å². The van der Waals surface area contributed by atoms with Crippen LogP contribution in [-0.4, -0.2) is 52.1 Å². The van der Waals surface area contributed by atoms with E-state index in [2.05, 4.69) is 5.32 Å². The minimum absolute atomic E-state index is 0.0190. The number of aliphatic hydroxyl groups excluding tert-OH is 1. The van der Waals surface area contributed by atoms with Crippen LogP contribution in [0.2, 0.25) is 0 Å². The number of hydrogen-bond donors (Lipinski definition) is 2. The van der Waals surface area contributed by atoms with Crippen molar-refractivity contribution < 1.29 is 14.7 Å². The molecule has 0 spiro atoms. The monoisotopic (exact) mass is 260 g/mol. The normalized spacial score (nSPS) is 19.2. The first-order chi connectivity index (χ1) is 8.00. The Labute approximate surface area is 106 Å². The van der Waals surface area contributed by atoms with E-state index in [1.165, 1.54) is 11.8 Å². The molecule has 0 aromatic carbocycles. The van der Waals surface area contributed by atoms with Crippen LogP contribution in [0.15, 0.2) is 0 Å². The van der Waals surface area contributed by atoms with Crippen molar-refractivity contribution in [2.45, 2.75) is 32.2 Å². The lowest BCUT2D eigenvalue weighted by Gasteiger charge is -2.29. The highest BCUT2D eigenvalue weighted by atomic mass is 32.2. The Kier molecular flexibility index (Phi) is 5.27. The Bertz CT molecular complexity index is 298. The Hall–Kier alpha value is -0.750. The largest absolute Gasteiger partial charge is 0.396 e. The third-order valence-electron chi connectivity index (χ3n) is 3.04. The van der Waals surface area contributed by atoms with Crippen molar-refractivity contribution in [3.8, 4) is 0 Å². The minimum Gasteiger partial charge on any atom is -0.396 e. The SMILES string of the molecule is CCC(C)(CCO)NC(=O)CN1CSCC1=O. The van der Waals surface area contributed by atoms with Gasteiger partial charge in [-0.05, 0) is 19.8 Å². The zero-order valence-electron chi connectivity index (χ0n) is 10.4. The molecule has 2 amide bonds. The van der Waals surface area contributed by atoms with Gasteiger partial charge < -0.3 is 15.3 Å². The molecule has 1 atom stereocenters. The van der Waals surface area contributed by atoms with Crippen molar-refractivity contribution >= 4 is 23.6 Å². The summed E-state index contributed by atoms with van der Waals surface area (Å²) in [7, 11) is 0. The lowest BCUT2D eigenvalue weighted by molar-refractivity contribution is -0.133. The second-order valence-electron chi connectivity index (χ2n) is 4.51. The van der Waals surface area contributed by atoms with Crippen molar-refractivity contribution in [2.24, 2.45) is 0 Å². The van der Waals surface area contributed by atoms with Crippen LogP contribution >= 0.6 is 11.8 Å². The van der Waals surface area contributed by atoms with Crippen LogP contribution in [0, 0.1) is 0 Å². The molecule has 98 valence electrons. The fourth-order valence-corrected chi connectivity index (χ4v) is 2.57. The van der Waals surface area contributed by atoms with Crippen LogP contribution in [0.4, 0.5) is 0 Å². The number of hydrogen-bond acceptors (Lipinski definition) is 4. The molecule has 1 fully saturated rings. The van der Waals surface area contributed by atoms with Gasteiger partial charge in [0.2, 0.25) is 11.8 Å². The highest BCUT2D eigenvalue weighted by Gasteiger charge is 2.27. The fourth-order valence-electron chi connectivity index (χ4n) is 1.66. The number of thioether (sulfide) groups is 1. The van der Waals surface area contributed by atoms with Gasteiger partial charge in [-0.2, -0.15) is 0 Å². The van der Waals surface area contributed by atoms with Gasteiger partial charge >= 0.3 is 0 Å². The molecule has 2 N–H and O–H groups in total. The first-order valence-corrected chi connectivity index (χ1v) is 6.93. The number of nitrogens with zero attached hydrogens (tertiary/aromatic N) is 1. The topological polar surface area (TPSA) is 69.6 Å². The van der Waals surface area contributed by atoms with Gasteiger partial charge in [-0.3, -0.25) is 9.59 Å². The molecule has 1 unspecified atom stereocenters. The van der Waals surface area contributed by atoms with E-state index in [0.717, 1.165) is 6.42 Å². The molecule has 1 saturated heterocycles. The molecule has 17 heavy (non-hydrogen) atoms. The van der Waals surface area contributed by atoms with Gasteiger partial charge in [0.15, 0.2) is 0 Å². The fraction of sp³-hybridized carbons (Fsp3) is 0.818. The van der Waals surface area contributed by atoms with Crippen LogP contribution < -0.4 is 5.32 Å². The third-order valence-corrected chi connectivity index (χ3v) is 3.99. The first-order valence-electron chi connectivity index (χ1n) is 5.78. The second kappa shape index (κ2) is 6.26. The zero-order chi connectivity index (χ0) is 12.9. The zero-order valence-corrected chi connectivity index (χ0v) is 11.2. The number of carbonyl (C=O) groups is 2. The molecule has 0 aromatic rings. The van der Waals surface area contributed by atoms with Gasteiger partial charge in [0, 0.05) is 12.1 Å². The molecule has 0 aliphatic carbocycles. The number of nitrogens with one attached hydrogen (secondary N) is 1. The van der Waals surface area contributed by atoms with Gasteiger partial charge in [0.05, 0.1) is 11.6 Å². The van der Waals surface area contributed by atoms with E-state index in [-0.39, 0.29) is 30.5 Å². The maximum absolute atomic E-state index is 11.8. The highest BCUT2D eigenvalue weighted by Crippen LogP contribution is 2.16. The number of carbonyl (C=O) groups excluding carboxylic acids is 2. The molecule has 5 nitrogen and oxygen atoms in total. The average Bonchev–Trinajstić information content (AvgIpc) is 2.64. The van der Waals surface area contributed by atoms with Crippen molar-refractivity contribution in [1.82, 2.24) is 10.2 Å². The van der Waals surface area contributed by atoms with Crippen LogP contribution in [0.25, 0.3) is 0 Å². The maximum Gasteiger partial charge on any atom is 0.240 e. The molecule has 0 bridgehead atoms. The van der Waals surface area contributed by atoms with E-state index in [9.17, 15) is 9.59 Å². The summed E-state index contributed by atoms with van der Waals surface area (Å²) in [5.41, 5.74) is -0.387. The quantitative estimate of drug-likeness (QED) is 0.715. The summed E-state index contributed by atoms with van der Waals surface area (Å²) in [6.07, 6.45) is 1.28. The molecule has 6 heteroatoms. The molecule has 0 aromatic heterocycles. The number of rotatable bonds is 6. The summed E-state index contributed by atoms with van der Waals surface area (Å²) < 4.78 is 0. The Balaban J connectivity index is 2.45.